The van der Waals surface area contributed by atoms with Crippen molar-refractivity contribution in [3.8, 4) is 17.2 Å². The van der Waals surface area contributed by atoms with Crippen LogP contribution in [0.25, 0.3) is 0 Å². The number of rotatable bonds is 7. The molecule has 32 heavy (non-hydrogen) atoms. The maximum atomic E-state index is 11.6. The number of hydrogen-bond donors (Lipinski definition) is 4. The molecule has 0 saturated carbocycles. The molecule has 1 saturated heterocycles. The quantitative estimate of drug-likeness (QED) is 0.307. The molecule has 0 bridgehead atoms. The third kappa shape index (κ3) is 5.98. The summed E-state index contributed by atoms with van der Waals surface area (Å²) in [4.78, 5) is 45.4. The monoisotopic (exact) mass is 458 g/mol. The van der Waals surface area contributed by atoms with Crippen LogP contribution >= 0.6 is 0 Å². The maximum Gasteiger partial charge on any atom is 0.343 e. The van der Waals surface area contributed by atoms with E-state index in [1.807, 2.05) is 0 Å². The standard InChI is InChI=1S/C19H22O13/c1-7(20)28-6-13-15(25)16(29-8(2)21)17(30-9(3)22)19(32-13)31-10-4-11(23)14(18(26)27)12(24)5-10/h4-5,13,15-17,19,23-25H,6H2,1-3H3,(H,26,27)/t13-,15-,16+,17-,19-/m1/s1. The molecule has 1 fully saturated rings. The van der Waals surface area contributed by atoms with Crippen LogP contribution in [0, 0.1) is 0 Å². The second kappa shape index (κ2) is 10.2. The average molecular weight is 458 g/mol. The average Bonchev–Trinajstić information content (AvgIpc) is 2.64. The summed E-state index contributed by atoms with van der Waals surface area (Å²) >= 11 is 0. The van der Waals surface area contributed by atoms with Crippen LogP contribution in [0.15, 0.2) is 12.1 Å². The number of benzene rings is 1. The topological polar surface area (TPSA) is 195 Å². The Bertz CT molecular complexity index is 872. The highest BCUT2D eigenvalue weighted by atomic mass is 16.7. The van der Waals surface area contributed by atoms with Crippen LogP contribution in [-0.4, -0.2) is 81.6 Å². The minimum atomic E-state index is -1.60. The number of aliphatic hydroxyl groups excluding tert-OH is 1. The summed E-state index contributed by atoms with van der Waals surface area (Å²) in [6.45, 7) is 2.72. The van der Waals surface area contributed by atoms with Crippen molar-refractivity contribution < 1.29 is 63.3 Å². The van der Waals surface area contributed by atoms with Gasteiger partial charge in [0.25, 0.3) is 0 Å². The van der Waals surface area contributed by atoms with E-state index in [4.69, 9.17) is 28.8 Å². The molecule has 0 radical (unpaired) electrons. The number of carbonyl (C=O) groups is 4. The predicted octanol–water partition coefficient (Wildman–Crippen LogP) is -0.313. The lowest BCUT2D eigenvalue weighted by atomic mass is 9.98. The first-order valence-corrected chi connectivity index (χ1v) is 9.18. The van der Waals surface area contributed by atoms with E-state index in [0.717, 1.165) is 32.9 Å². The highest BCUT2D eigenvalue weighted by Crippen LogP contribution is 2.35. The molecule has 5 atom stereocenters. The number of carboxylic acid groups (broad SMARTS) is 1. The number of esters is 3. The van der Waals surface area contributed by atoms with E-state index in [0.29, 0.717) is 0 Å². The SMILES string of the molecule is CC(=O)OC[C@H]1O[C@@H](Oc2cc(O)c(C(=O)O)c(O)c2)[C@H](OC(C)=O)[C@@H](OC(C)=O)[C@@H]1O. The van der Waals surface area contributed by atoms with E-state index in [-0.39, 0.29) is 5.75 Å². The summed E-state index contributed by atoms with van der Waals surface area (Å²) in [5.41, 5.74) is -0.778. The molecule has 0 aromatic heterocycles. The Morgan fingerprint density at radius 3 is 1.94 bits per heavy atom. The van der Waals surface area contributed by atoms with E-state index in [2.05, 4.69) is 0 Å². The fourth-order valence-electron chi connectivity index (χ4n) is 2.97. The Hall–Kier alpha value is -3.58. The third-order valence-electron chi connectivity index (χ3n) is 4.21. The number of carboxylic acids is 1. The Labute approximate surface area is 181 Å². The van der Waals surface area contributed by atoms with Gasteiger partial charge in [0, 0.05) is 32.9 Å². The van der Waals surface area contributed by atoms with Crippen LogP contribution in [-0.2, 0) is 33.3 Å². The van der Waals surface area contributed by atoms with Crippen molar-refractivity contribution in [2.45, 2.75) is 51.5 Å². The molecule has 4 N–H and O–H groups in total. The number of ether oxygens (including phenoxy) is 5. The lowest BCUT2D eigenvalue weighted by Crippen LogP contribution is -2.62. The van der Waals surface area contributed by atoms with Crippen LogP contribution in [0.5, 0.6) is 17.2 Å². The van der Waals surface area contributed by atoms with Gasteiger partial charge in [0.2, 0.25) is 12.4 Å². The molecule has 1 heterocycles. The Morgan fingerprint density at radius 1 is 0.938 bits per heavy atom. The van der Waals surface area contributed by atoms with Gasteiger partial charge in [-0.05, 0) is 0 Å². The molecule has 0 spiro atoms. The summed E-state index contributed by atoms with van der Waals surface area (Å²) in [5.74, 6) is -5.94. The predicted molar refractivity (Wildman–Crippen MR) is 99.8 cm³/mol. The van der Waals surface area contributed by atoms with Gasteiger partial charge < -0.3 is 44.1 Å². The van der Waals surface area contributed by atoms with E-state index in [9.17, 15) is 34.5 Å². The fourth-order valence-corrected chi connectivity index (χ4v) is 2.97. The maximum absolute atomic E-state index is 11.6. The van der Waals surface area contributed by atoms with Gasteiger partial charge in [-0.3, -0.25) is 14.4 Å². The van der Waals surface area contributed by atoms with Crippen LogP contribution in [0.2, 0.25) is 0 Å². The lowest BCUT2D eigenvalue weighted by molar-refractivity contribution is -0.285. The molecule has 0 aliphatic carbocycles. The number of carbonyl (C=O) groups excluding carboxylic acids is 3. The van der Waals surface area contributed by atoms with Gasteiger partial charge in [-0.25, -0.2) is 4.79 Å². The molecule has 1 aliphatic rings. The highest BCUT2D eigenvalue weighted by molar-refractivity contribution is 5.94. The lowest BCUT2D eigenvalue weighted by Gasteiger charge is -2.42. The van der Waals surface area contributed by atoms with Crippen molar-refractivity contribution in [3.63, 3.8) is 0 Å². The van der Waals surface area contributed by atoms with Gasteiger partial charge in [-0.2, -0.15) is 0 Å². The summed E-state index contributed by atoms with van der Waals surface area (Å²) < 4.78 is 26.1. The molecular formula is C19H22O13. The number of phenols is 2. The molecule has 176 valence electrons. The normalized spacial score (nSPS) is 24.8. The second-order valence-corrected chi connectivity index (χ2v) is 6.74. The molecule has 1 aromatic rings. The van der Waals surface area contributed by atoms with E-state index in [1.54, 1.807) is 0 Å². The molecule has 0 amide bonds. The Kier molecular flexibility index (Phi) is 7.83. The van der Waals surface area contributed by atoms with E-state index in [1.165, 1.54) is 0 Å². The van der Waals surface area contributed by atoms with Gasteiger partial charge >= 0.3 is 23.9 Å². The minimum Gasteiger partial charge on any atom is -0.507 e. The van der Waals surface area contributed by atoms with Gasteiger partial charge in [0.15, 0.2) is 6.10 Å². The van der Waals surface area contributed by atoms with Gasteiger partial charge in [0.05, 0.1) is 0 Å². The van der Waals surface area contributed by atoms with Crippen LogP contribution in [0.1, 0.15) is 31.1 Å². The largest absolute Gasteiger partial charge is 0.507 e. The van der Waals surface area contributed by atoms with E-state index >= 15 is 0 Å². The minimum absolute atomic E-state index is 0.309. The zero-order valence-corrected chi connectivity index (χ0v) is 17.2. The van der Waals surface area contributed by atoms with E-state index < -0.39 is 78.3 Å². The zero-order valence-electron chi connectivity index (χ0n) is 17.2. The molecule has 1 aliphatic heterocycles. The van der Waals surface area contributed by atoms with Crippen molar-refractivity contribution in [1.82, 2.24) is 0 Å². The molecule has 2 rings (SSSR count). The van der Waals surface area contributed by atoms with Crippen molar-refractivity contribution in [2.24, 2.45) is 0 Å². The molecular weight excluding hydrogens is 436 g/mol. The second-order valence-electron chi connectivity index (χ2n) is 6.74. The van der Waals surface area contributed by atoms with Crippen molar-refractivity contribution in [1.29, 1.82) is 0 Å². The van der Waals surface area contributed by atoms with Crippen molar-refractivity contribution in [3.05, 3.63) is 17.7 Å². The van der Waals surface area contributed by atoms with Crippen molar-refractivity contribution in [2.75, 3.05) is 6.61 Å². The molecule has 1 aromatic carbocycles. The summed E-state index contributed by atoms with van der Waals surface area (Å²) in [5, 5.41) is 39.3. The first-order chi connectivity index (χ1) is 14.9. The number of aromatic hydroxyl groups is 2. The highest BCUT2D eigenvalue weighted by Gasteiger charge is 2.51. The number of aromatic carboxylic acids is 1. The fraction of sp³-hybridized carbons (Fsp3) is 0.474. The summed E-state index contributed by atoms with van der Waals surface area (Å²) in [6.07, 6.45) is -7.51. The van der Waals surface area contributed by atoms with Crippen LogP contribution in [0.4, 0.5) is 0 Å². The van der Waals surface area contributed by atoms with Crippen LogP contribution < -0.4 is 4.74 Å². The summed E-state index contributed by atoms with van der Waals surface area (Å²) in [7, 11) is 0. The smallest absolute Gasteiger partial charge is 0.343 e. The van der Waals surface area contributed by atoms with Crippen molar-refractivity contribution >= 4 is 23.9 Å². The Morgan fingerprint density at radius 2 is 1.47 bits per heavy atom. The number of hydrogen-bond acceptors (Lipinski definition) is 12. The molecule has 0 unspecified atom stereocenters. The first kappa shape index (κ1) is 24.7. The molecule has 13 heteroatoms. The third-order valence-corrected chi connectivity index (χ3v) is 4.21. The Balaban J connectivity index is 2.42. The van der Waals surface area contributed by atoms with Gasteiger partial charge in [-0.15, -0.1) is 0 Å². The van der Waals surface area contributed by atoms with Gasteiger partial charge in [-0.1, -0.05) is 0 Å². The first-order valence-electron chi connectivity index (χ1n) is 9.18. The molecule has 13 nitrogen and oxygen atoms in total. The van der Waals surface area contributed by atoms with Gasteiger partial charge in [0.1, 0.15) is 41.6 Å². The summed E-state index contributed by atoms with van der Waals surface area (Å²) in [6, 6.07) is 1.70. The zero-order chi connectivity index (χ0) is 24.2. The number of aliphatic hydroxyl groups is 1. The van der Waals surface area contributed by atoms with Crippen LogP contribution in [0.3, 0.4) is 0 Å².